The van der Waals surface area contributed by atoms with Gasteiger partial charge in [0.25, 0.3) is 11.2 Å². The van der Waals surface area contributed by atoms with Crippen LogP contribution in [0.15, 0.2) is 40.2 Å². The topological polar surface area (TPSA) is 164 Å². The number of nitro benzene ring substituents is 1. The number of nitrogens with one attached hydrogen (secondary N) is 1. The number of benzene rings is 1. The first-order valence-corrected chi connectivity index (χ1v) is 9.72. The molecule has 2 heterocycles. The fourth-order valence-corrected chi connectivity index (χ4v) is 4.80. The summed E-state index contributed by atoms with van der Waals surface area (Å²) in [5.41, 5.74) is -1.85. The van der Waals surface area contributed by atoms with E-state index in [1.807, 2.05) is 0 Å². The fraction of sp³-hybridized carbons (Fsp3) is 0.312. The van der Waals surface area contributed by atoms with E-state index in [4.69, 9.17) is 5.11 Å². The number of carboxylic acid groups (broad SMARTS) is 1. The van der Waals surface area contributed by atoms with Gasteiger partial charge in [-0.2, -0.15) is 4.31 Å². The normalized spacial score (nSPS) is 17.9. The first-order valence-electron chi connectivity index (χ1n) is 8.28. The second-order valence-corrected chi connectivity index (χ2v) is 8.15. The third-order valence-electron chi connectivity index (χ3n) is 4.50. The number of aromatic carboxylic acids is 1. The molecule has 1 aliphatic heterocycles. The molecule has 3 rings (SSSR count). The quantitative estimate of drug-likeness (QED) is 0.545. The number of para-hydroxylation sites is 1. The van der Waals surface area contributed by atoms with Crippen LogP contribution in [0.5, 0.6) is 0 Å². The maximum absolute atomic E-state index is 13.0. The SMILES string of the molecule is O=C(O)c1cnc([C@@H]2CCCN(S(=O)(=O)c3ccccc3[N+](=O)[O-])C2)[nH]c1=O. The Bertz CT molecular complexity index is 1100. The molecule has 1 aliphatic rings. The summed E-state index contributed by atoms with van der Waals surface area (Å²) in [6, 6.07) is 5.09. The lowest BCUT2D eigenvalue weighted by atomic mass is 9.99. The minimum atomic E-state index is -4.13. The van der Waals surface area contributed by atoms with E-state index in [1.54, 1.807) is 0 Å². The lowest BCUT2D eigenvalue weighted by molar-refractivity contribution is -0.387. The molecule has 11 nitrogen and oxygen atoms in total. The minimum absolute atomic E-state index is 0.0380. The van der Waals surface area contributed by atoms with Gasteiger partial charge >= 0.3 is 5.97 Å². The molecular formula is C16H16N4O7S. The van der Waals surface area contributed by atoms with Gasteiger partial charge in [-0.25, -0.2) is 18.2 Å². The first-order chi connectivity index (χ1) is 13.2. The van der Waals surface area contributed by atoms with Gasteiger partial charge in [-0.1, -0.05) is 12.1 Å². The Kier molecular flexibility index (Phi) is 5.25. The lowest BCUT2D eigenvalue weighted by Crippen LogP contribution is -2.40. The lowest BCUT2D eigenvalue weighted by Gasteiger charge is -2.31. The maximum atomic E-state index is 13.0. The van der Waals surface area contributed by atoms with Crippen molar-refractivity contribution >= 4 is 21.7 Å². The van der Waals surface area contributed by atoms with Crippen LogP contribution in [0, 0.1) is 10.1 Å². The Morgan fingerprint density at radius 3 is 2.71 bits per heavy atom. The van der Waals surface area contributed by atoms with Gasteiger partial charge in [0.2, 0.25) is 10.0 Å². The summed E-state index contributed by atoms with van der Waals surface area (Å²) in [5.74, 6) is -1.70. The zero-order valence-electron chi connectivity index (χ0n) is 14.4. The standard InChI is InChI=1S/C16H16N4O7S/c21-15-11(16(22)23)8-17-14(18-15)10-4-3-7-19(9-10)28(26,27)13-6-2-1-5-12(13)20(24)25/h1-2,5-6,8,10H,3-4,7,9H2,(H,22,23)(H,17,18,21)/t10-/m1/s1. The molecule has 1 atom stereocenters. The summed E-state index contributed by atoms with van der Waals surface area (Å²) in [6.45, 7) is 0.131. The van der Waals surface area contributed by atoms with Crippen LogP contribution in [-0.2, 0) is 10.0 Å². The number of sulfonamides is 1. The van der Waals surface area contributed by atoms with Crippen LogP contribution in [0.3, 0.4) is 0 Å². The molecule has 28 heavy (non-hydrogen) atoms. The van der Waals surface area contributed by atoms with E-state index in [-0.39, 0.29) is 18.9 Å². The number of nitro groups is 1. The number of nitrogens with zero attached hydrogens (tertiary/aromatic N) is 3. The molecule has 12 heteroatoms. The van der Waals surface area contributed by atoms with E-state index >= 15 is 0 Å². The molecule has 148 valence electrons. The number of aromatic amines is 1. The van der Waals surface area contributed by atoms with Crippen molar-refractivity contribution in [2.75, 3.05) is 13.1 Å². The van der Waals surface area contributed by atoms with Crippen LogP contribution in [0.1, 0.15) is 34.9 Å². The van der Waals surface area contributed by atoms with Crippen molar-refractivity contribution in [1.29, 1.82) is 0 Å². The molecule has 0 aliphatic carbocycles. The van der Waals surface area contributed by atoms with Gasteiger partial charge in [0, 0.05) is 31.3 Å². The van der Waals surface area contributed by atoms with E-state index in [0.29, 0.717) is 12.8 Å². The van der Waals surface area contributed by atoms with E-state index in [2.05, 4.69) is 9.97 Å². The average molecular weight is 408 g/mol. The Balaban J connectivity index is 1.91. The molecule has 0 amide bonds. The fourth-order valence-electron chi connectivity index (χ4n) is 3.12. The zero-order chi connectivity index (χ0) is 20.5. The number of hydrogen-bond donors (Lipinski definition) is 2. The van der Waals surface area contributed by atoms with Crippen molar-refractivity contribution < 1.29 is 23.2 Å². The molecule has 2 N–H and O–H groups in total. The maximum Gasteiger partial charge on any atom is 0.342 e. The van der Waals surface area contributed by atoms with Gasteiger partial charge in [-0.15, -0.1) is 0 Å². The van der Waals surface area contributed by atoms with Gasteiger partial charge in [0.1, 0.15) is 11.4 Å². The Morgan fingerprint density at radius 1 is 1.36 bits per heavy atom. The van der Waals surface area contributed by atoms with Crippen LogP contribution >= 0.6 is 0 Å². The van der Waals surface area contributed by atoms with Gasteiger partial charge in [0.15, 0.2) is 4.90 Å². The van der Waals surface area contributed by atoms with Crippen molar-refractivity contribution in [3.63, 3.8) is 0 Å². The van der Waals surface area contributed by atoms with Crippen LogP contribution in [0.4, 0.5) is 5.69 Å². The first kappa shape index (κ1) is 19.6. The Hall–Kier alpha value is -3.12. The van der Waals surface area contributed by atoms with Crippen molar-refractivity contribution in [3.8, 4) is 0 Å². The summed E-state index contributed by atoms with van der Waals surface area (Å²) in [5, 5.41) is 20.1. The number of carbonyl (C=O) groups is 1. The van der Waals surface area contributed by atoms with Gasteiger partial charge in [-0.3, -0.25) is 14.9 Å². The summed E-state index contributed by atoms with van der Waals surface area (Å²) >= 11 is 0. The number of hydrogen-bond acceptors (Lipinski definition) is 7. The van der Waals surface area contributed by atoms with Gasteiger partial charge < -0.3 is 10.1 Å². The minimum Gasteiger partial charge on any atom is -0.477 e. The second kappa shape index (κ2) is 7.48. The zero-order valence-corrected chi connectivity index (χ0v) is 15.3. The Labute approximate surface area is 158 Å². The number of piperidine rings is 1. The monoisotopic (exact) mass is 408 g/mol. The van der Waals surface area contributed by atoms with E-state index < -0.39 is 48.5 Å². The van der Waals surface area contributed by atoms with Crippen LogP contribution in [0.2, 0.25) is 0 Å². The van der Waals surface area contributed by atoms with Gasteiger partial charge in [-0.05, 0) is 18.9 Å². The van der Waals surface area contributed by atoms with Crippen molar-refractivity contribution in [1.82, 2.24) is 14.3 Å². The predicted molar refractivity (Wildman–Crippen MR) is 95.6 cm³/mol. The Morgan fingerprint density at radius 2 is 2.07 bits per heavy atom. The highest BCUT2D eigenvalue weighted by molar-refractivity contribution is 7.89. The van der Waals surface area contributed by atoms with E-state index in [9.17, 15) is 28.1 Å². The van der Waals surface area contributed by atoms with E-state index in [1.165, 1.54) is 18.2 Å². The summed E-state index contributed by atoms with van der Waals surface area (Å²) in [4.78, 5) is 39.2. The molecule has 2 aromatic rings. The van der Waals surface area contributed by atoms with Crippen molar-refractivity contribution in [3.05, 3.63) is 62.3 Å². The summed E-state index contributed by atoms with van der Waals surface area (Å²) in [6.07, 6.45) is 1.92. The number of rotatable bonds is 5. The molecule has 1 fully saturated rings. The van der Waals surface area contributed by atoms with Crippen LogP contribution in [-0.4, -0.2) is 51.8 Å². The number of H-pyrrole nitrogens is 1. The molecule has 0 unspecified atom stereocenters. The highest BCUT2D eigenvalue weighted by Crippen LogP contribution is 2.31. The van der Waals surface area contributed by atoms with Crippen LogP contribution in [0.25, 0.3) is 0 Å². The number of carboxylic acids is 1. The molecule has 0 spiro atoms. The van der Waals surface area contributed by atoms with Crippen molar-refractivity contribution in [2.45, 2.75) is 23.7 Å². The van der Waals surface area contributed by atoms with Crippen molar-refractivity contribution in [2.24, 2.45) is 0 Å². The smallest absolute Gasteiger partial charge is 0.342 e. The largest absolute Gasteiger partial charge is 0.477 e. The second-order valence-electron chi connectivity index (χ2n) is 6.24. The molecule has 0 radical (unpaired) electrons. The molecule has 0 bridgehead atoms. The van der Waals surface area contributed by atoms with Crippen LogP contribution < -0.4 is 5.56 Å². The third-order valence-corrected chi connectivity index (χ3v) is 6.41. The molecular weight excluding hydrogens is 392 g/mol. The molecule has 1 saturated heterocycles. The number of aromatic nitrogens is 2. The molecule has 1 aromatic heterocycles. The van der Waals surface area contributed by atoms with Gasteiger partial charge in [0.05, 0.1) is 4.92 Å². The summed E-state index contributed by atoms with van der Waals surface area (Å²) < 4.78 is 27.0. The summed E-state index contributed by atoms with van der Waals surface area (Å²) in [7, 11) is -4.13. The highest BCUT2D eigenvalue weighted by atomic mass is 32.2. The highest BCUT2D eigenvalue weighted by Gasteiger charge is 2.35. The molecule has 0 saturated carbocycles. The average Bonchev–Trinajstić information content (AvgIpc) is 2.67. The van der Waals surface area contributed by atoms with E-state index in [0.717, 1.165) is 16.6 Å². The molecule has 1 aromatic carbocycles. The predicted octanol–water partition coefficient (Wildman–Crippen LogP) is 0.945. The third kappa shape index (κ3) is 3.64.